The van der Waals surface area contributed by atoms with Gasteiger partial charge in [-0.25, -0.2) is 4.79 Å². The molecule has 1 heterocycles. The summed E-state index contributed by atoms with van der Waals surface area (Å²) in [7, 11) is 1.63. The highest BCUT2D eigenvalue weighted by atomic mass is 16.5. The van der Waals surface area contributed by atoms with E-state index in [1.165, 1.54) is 0 Å². The van der Waals surface area contributed by atoms with E-state index in [9.17, 15) is 4.79 Å². The first kappa shape index (κ1) is 16.3. The van der Waals surface area contributed by atoms with Crippen LogP contribution in [-0.4, -0.2) is 57.4 Å². The number of benzene rings is 1. The molecule has 2 rings (SSSR count). The molecule has 6 nitrogen and oxygen atoms in total. The number of ether oxygens (including phenoxy) is 2. The minimum atomic E-state index is -0.196. The van der Waals surface area contributed by atoms with Gasteiger partial charge in [-0.2, -0.15) is 0 Å². The van der Waals surface area contributed by atoms with Gasteiger partial charge in [-0.3, -0.25) is 4.90 Å². The normalized spacial score (nSPS) is 15.7. The molecule has 2 N–H and O–H groups in total. The van der Waals surface area contributed by atoms with E-state index in [-0.39, 0.29) is 6.03 Å². The van der Waals surface area contributed by atoms with Crippen LogP contribution in [-0.2, 0) is 4.74 Å². The van der Waals surface area contributed by atoms with Crippen LogP contribution >= 0.6 is 0 Å². The van der Waals surface area contributed by atoms with Crippen LogP contribution in [0.2, 0.25) is 0 Å². The van der Waals surface area contributed by atoms with Gasteiger partial charge in [0.25, 0.3) is 0 Å². The first-order chi connectivity index (χ1) is 10.8. The molecule has 120 valence electrons. The highest BCUT2D eigenvalue weighted by Crippen LogP contribution is 2.11. The molecule has 0 spiro atoms. The second kappa shape index (κ2) is 9.07. The predicted octanol–water partition coefficient (Wildman–Crippen LogP) is 1.30. The number of methoxy groups -OCH3 is 1. The lowest BCUT2D eigenvalue weighted by Gasteiger charge is -2.26. The summed E-state index contributed by atoms with van der Waals surface area (Å²) in [5, 5.41) is 5.52. The highest BCUT2D eigenvalue weighted by molar-refractivity contribution is 5.75. The summed E-state index contributed by atoms with van der Waals surface area (Å²) in [6.45, 7) is 4.89. The van der Waals surface area contributed by atoms with Gasteiger partial charge in [0.05, 0.1) is 20.3 Å². The summed E-state index contributed by atoms with van der Waals surface area (Å²) in [5.41, 5.74) is 0.995. The topological polar surface area (TPSA) is 62.8 Å². The molecule has 0 radical (unpaired) electrons. The third-order valence-corrected chi connectivity index (χ3v) is 3.42. The number of urea groups is 1. The second-order valence-electron chi connectivity index (χ2n) is 4.96. The Kier molecular flexibility index (Phi) is 6.73. The van der Waals surface area contributed by atoms with Crippen LogP contribution in [0.4, 0.5) is 4.79 Å². The van der Waals surface area contributed by atoms with Crippen LogP contribution in [0, 0.1) is 0 Å². The summed E-state index contributed by atoms with van der Waals surface area (Å²) in [6, 6.07) is 7.41. The van der Waals surface area contributed by atoms with Gasteiger partial charge in [-0.1, -0.05) is 12.1 Å². The first-order valence-corrected chi connectivity index (χ1v) is 7.43. The average molecular weight is 305 g/mol. The van der Waals surface area contributed by atoms with Gasteiger partial charge < -0.3 is 20.1 Å². The van der Waals surface area contributed by atoms with Crippen molar-refractivity contribution in [3.63, 3.8) is 0 Å². The molecule has 0 aromatic heterocycles. The van der Waals surface area contributed by atoms with Crippen molar-refractivity contribution in [1.82, 2.24) is 15.5 Å². The van der Waals surface area contributed by atoms with Crippen molar-refractivity contribution in [3.05, 3.63) is 36.0 Å². The molecule has 1 aliphatic heterocycles. The zero-order chi connectivity index (χ0) is 15.6. The molecule has 0 atom stereocenters. The molecule has 0 bridgehead atoms. The van der Waals surface area contributed by atoms with Crippen molar-refractivity contribution in [2.45, 2.75) is 0 Å². The SMILES string of the molecule is COc1ccc(/C=C/NC(=O)NCCN2CCOCC2)cc1. The number of carbonyl (C=O) groups excluding carboxylic acids is 1. The van der Waals surface area contributed by atoms with E-state index >= 15 is 0 Å². The van der Waals surface area contributed by atoms with Crippen molar-refractivity contribution >= 4 is 12.1 Å². The van der Waals surface area contributed by atoms with Crippen molar-refractivity contribution in [2.24, 2.45) is 0 Å². The maximum Gasteiger partial charge on any atom is 0.318 e. The molecule has 2 amide bonds. The molecular formula is C16H23N3O3. The number of nitrogens with zero attached hydrogens (tertiary/aromatic N) is 1. The monoisotopic (exact) mass is 305 g/mol. The maximum atomic E-state index is 11.6. The Hall–Kier alpha value is -2.05. The van der Waals surface area contributed by atoms with Crippen molar-refractivity contribution in [1.29, 1.82) is 0 Å². The largest absolute Gasteiger partial charge is 0.497 e. The fourth-order valence-corrected chi connectivity index (χ4v) is 2.13. The summed E-state index contributed by atoms with van der Waals surface area (Å²) >= 11 is 0. The van der Waals surface area contributed by atoms with E-state index in [1.54, 1.807) is 13.3 Å². The van der Waals surface area contributed by atoms with Crippen LogP contribution < -0.4 is 15.4 Å². The Morgan fingerprint density at radius 1 is 1.32 bits per heavy atom. The van der Waals surface area contributed by atoms with E-state index in [0.29, 0.717) is 6.54 Å². The molecule has 22 heavy (non-hydrogen) atoms. The minimum Gasteiger partial charge on any atom is -0.497 e. The van der Waals surface area contributed by atoms with Gasteiger partial charge in [-0.05, 0) is 23.8 Å². The number of carbonyl (C=O) groups is 1. The summed E-state index contributed by atoms with van der Waals surface area (Å²) in [6.07, 6.45) is 3.47. The number of hydrogen-bond acceptors (Lipinski definition) is 4. The maximum absolute atomic E-state index is 11.6. The lowest BCUT2D eigenvalue weighted by molar-refractivity contribution is 0.0387. The quantitative estimate of drug-likeness (QED) is 0.831. The smallest absolute Gasteiger partial charge is 0.318 e. The van der Waals surface area contributed by atoms with E-state index < -0.39 is 0 Å². The van der Waals surface area contributed by atoms with Gasteiger partial charge in [0, 0.05) is 32.4 Å². The number of nitrogens with one attached hydrogen (secondary N) is 2. The Balaban J connectivity index is 1.62. The molecule has 1 aromatic rings. The molecule has 0 unspecified atom stereocenters. The first-order valence-electron chi connectivity index (χ1n) is 7.43. The predicted molar refractivity (Wildman–Crippen MR) is 85.8 cm³/mol. The molecule has 6 heteroatoms. The molecule has 0 saturated carbocycles. The summed E-state index contributed by atoms with van der Waals surface area (Å²) in [5.74, 6) is 0.811. The van der Waals surface area contributed by atoms with Gasteiger partial charge in [-0.15, -0.1) is 0 Å². The molecule has 1 aliphatic rings. The molecule has 1 aromatic carbocycles. The van der Waals surface area contributed by atoms with E-state index in [1.807, 2.05) is 30.3 Å². The van der Waals surface area contributed by atoms with Crippen LogP contribution in [0.15, 0.2) is 30.5 Å². The van der Waals surface area contributed by atoms with Gasteiger partial charge in [0.1, 0.15) is 5.75 Å². The Labute approximate surface area is 131 Å². The number of amides is 2. The van der Waals surface area contributed by atoms with Crippen LogP contribution in [0.3, 0.4) is 0 Å². The molecule has 1 fully saturated rings. The fraction of sp³-hybridized carbons (Fsp3) is 0.438. The molecular weight excluding hydrogens is 282 g/mol. The fourth-order valence-electron chi connectivity index (χ4n) is 2.13. The molecule has 1 saturated heterocycles. The molecule has 0 aliphatic carbocycles. The zero-order valence-corrected chi connectivity index (χ0v) is 12.9. The Bertz CT molecular complexity index is 482. The lowest BCUT2D eigenvalue weighted by atomic mass is 10.2. The lowest BCUT2D eigenvalue weighted by Crippen LogP contribution is -2.42. The number of morpholine rings is 1. The Morgan fingerprint density at radius 2 is 2.05 bits per heavy atom. The highest BCUT2D eigenvalue weighted by Gasteiger charge is 2.09. The second-order valence-corrected chi connectivity index (χ2v) is 4.96. The number of hydrogen-bond donors (Lipinski definition) is 2. The Morgan fingerprint density at radius 3 is 2.73 bits per heavy atom. The van der Waals surface area contributed by atoms with Crippen LogP contribution in [0.1, 0.15) is 5.56 Å². The number of rotatable bonds is 6. The van der Waals surface area contributed by atoms with Crippen molar-refractivity contribution in [2.75, 3.05) is 46.5 Å². The van der Waals surface area contributed by atoms with Gasteiger partial charge in [0.15, 0.2) is 0 Å². The van der Waals surface area contributed by atoms with Gasteiger partial charge >= 0.3 is 6.03 Å². The zero-order valence-electron chi connectivity index (χ0n) is 12.9. The van der Waals surface area contributed by atoms with Crippen molar-refractivity contribution < 1.29 is 14.3 Å². The standard InChI is InChI=1S/C16H23N3O3/c1-21-15-4-2-14(3-5-15)6-7-17-16(20)18-8-9-19-10-12-22-13-11-19/h2-7H,8-13H2,1H3,(H2,17,18,20)/b7-6+. The van der Waals surface area contributed by atoms with E-state index in [4.69, 9.17) is 9.47 Å². The average Bonchev–Trinajstić information content (AvgIpc) is 2.56. The minimum absolute atomic E-state index is 0.196. The van der Waals surface area contributed by atoms with Crippen LogP contribution in [0.5, 0.6) is 5.75 Å². The van der Waals surface area contributed by atoms with Gasteiger partial charge in [0.2, 0.25) is 0 Å². The van der Waals surface area contributed by atoms with E-state index in [0.717, 1.165) is 44.2 Å². The summed E-state index contributed by atoms with van der Waals surface area (Å²) in [4.78, 5) is 13.9. The van der Waals surface area contributed by atoms with Crippen molar-refractivity contribution in [3.8, 4) is 5.75 Å². The van der Waals surface area contributed by atoms with Crippen LogP contribution in [0.25, 0.3) is 6.08 Å². The third-order valence-electron chi connectivity index (χ3n) is 3.42. The third kappa shape index (κ3) is 5.75. The van der Waals surface area contributed by atoms with E-state index in [2.05, 4.69) is 15.5 Å². The summed E-state index contributed by atoms with van der Waals surface area (Å²) < 4.78 is 10.4.